The van der Waals surface area contributed by atoms with Crippen molar-refractivity contribution in [2.75, 3.05) is 7.05 Å². The number of fused-ring (bicyclic) bond motifs is 1. The van der Waals surface area contributed by atoms with Gasteiger partial charge in [-0.1, -0.05) is 12.1 Å². The van der Waals surface area contributed by atoms with Crippen LogP contribution in [0, 0.1) is 0 Å². The Morgan fingerprint density at radius 3 is 2.60 bits per heavy atom. The van der Waals surface area contributed by atoms with Crippen molar-refractivity contribution in [3.05, 3.63) is 40.4 Å². The molecule has 0 saturated carbocycles. The number of urea groups is 1. The van der Waals surface area contributed by atoms with Crippen LogP contribution in [-0.2, 0) is 11.3 Å². The van der Waals surface area contributed by atoms with Crippen molar-refractivity contribution in [2.45, 2.75) is 39.4 Å². The van der Waals surface area contributed by atoms with Gasteiger partial charge in [-0.2, -0.15) is 0 Å². The van der Waals surface area contributed by atoms with E-state index in [1.807, 2.05) is 6.07 Å². The number of carbonyl (C=O) groups excluding carboxylic acids is 2. The zero-order valence-corrected chi connectivity index (χ0v) is 14.8. The minimum atomic E-state index is -0.574. The molecule has 1 aromatic carbocycles. The lowest BCUT2D eigenvalue weighted by molar-refractivity contribution is -0.124. The Kier molecular flexibility index (Phi) is 5.87. The Bertz CT molecular complexity index is 830. The number of amides is 3. The molecule has 1 heterocycles. The number of aromatic nitrogens is 2. The third-order valence-corrected chi connectivity index (χ3v) is 3.76. The first kappa shape index (κ1) is 18.6. The zero-order valence-electron chi connectivity index (χ0n) is 14.8. The predicted molar refractivity (Wildman–Crippen MR) is 95.1 cm³/mol. The van der Waals surface area contributed by atoms with E-state index in [1.165, 1.54) is 0 Å². The molecule has 0 aliphatic heterocycles. The molecule has 134 valence electrons. The Balaban J connectivity index is 2.05. The maximum atomic E-state index is 12.1. The number of hydrogen-bond acceptors (Lipinski definition) is 5. The highest BCUT2D eigenvalue weighted by molar-refractivity contribution is 5.96. The average molecular weight is 345 g/mol. The fourth-order valence-corrected chi connectivity index (χ4v) is 2.30. The number of aromatic amines is 1. The summed E-state index contributed by atoms with van der Waals surface area (Å²) < 4.78 is 0. The summed E-state index contributed by atoms with van der Waals surface area (Å²) >= 11 is 0. The number of imide groups is 1. The number of benzene rings is 1. The molecule has 0 aliphatic carbocycles. The van der Waals surface area contributed by atoms with Crippen LogP contribution in [0.15, 0.2) is 29.1 Å². The van der Waals surface area contributed by atoms with Gasteiger partial charge in [0.05, 0.1) is 23.5 Å². The van der Waals surface area contributed by atoms with Crippen LogP contribution in [0.1, 0.15) is 26.6 Å². The molecule has 2 rings (SSSR count). The molecule has 0 aliphatic rings. The van der Waals surface area contributed by atoms with E-state index in [0.29, 0.717) is 16.7 Å². The summed E-state index contributed by atoms with van der Waals surface area (Å²) in [6.45, 7) is 5.56. The van der Waals surface area contributed by atoms with E-state index in [4.69, 9.17) is 0 Å². The summed E-state index contributed by atoms with van der Waals surface area (Å²) in [7, 11) is 1.72. The summed E-state index contributed by atoms with van der Waals surface area (Å²) in [6, 6.07) is 5.89. The summed E-state index contributed by atoms with van der Waals surface area (Å²) in [5.74, 6) is 0.0290. The van der Waals surface area contributed by atoms with Gasteiger partial charge in [-0.3, -0.25) is 19.8 Å². The van der Waals surface area contributed by atoms with Gasteiger partial charge in [0, 0.05) is 6.04 Å². The largest absolute Gasteiger partial charge is 0.336 e. The molecular weight excluding hydrogens is 322 g/mol. The van der Waals surface area contributed by atoms with Crippen LogP contribution in [0.2, 0.25) is 0 Å². The van der Waals surface area contributed by atoms with Crippen LogP contribution >= 0.6 is 0 Å². The number of nitrogens with zero attached hydrogens (tertiary/aromatic N) is 2. The van der Waals surface area contributed by atoms with Gasteiger partial charge in [-0.15, -0.1) is 0 Å². The number of H-pyrrole nitrogens is 1. The van der Waals surface area contributed by atoms with Crippen LogP contribution in [0.4, 0.5) is 4.79 Å². The third-order valence-electron chi connectivity index (χ3n) is 3.76. The second-order valence-electron chi connectivity index (χ2n) is 6.24. The summed E-state index contributed by atoms with van der Waals surface area (Å²) in [6.07, 6.45) is 0. The highest BCUT2D eigenvalue weighted by atomic mass is 16.2. The Morgan fingerprint density at radius 2 is 1.92 bits per heavy atom. The van der Waals surface area contributed by atoms with Crippen molar-refractivity contribution in [2.24, 2.45) is 0 Å². The molecule has 8 nitrogen and oxygen atoms in total. The van der Waals surface area contributed by atoms with Gasteiger partial charge in [0.1, 0.15) is 5.82 Å². The van der Waals surface area contributed by atoms with Crippen molar-refractivity contribution < 1.29 is 9.59 Å². The fraction of sp³-hybridized carbons (Fsp3) is 0.412. The molecule has 0 fully saturated rings. The Labute approximate surface area is 145 Å². The number of para-hydroxylation sites is 1. The zero-order chi connectivity index (χ0) is 18.6. The second-order valence-corrected chi connectivity index (χ2v) is 6.24. The highest BCUT2D eigenvalue weighted by Crippen LogP contribution is 2.08. The number of likely N-dealkylation sites (N-methyl/N-ethyl adjacent to an activating group) is 1. The predicted octanol–water partition coefficient (Wildman–Crippen LogP) is 0.978. The first-order chi connectivity index (χ1) is 11.8. The fourth-order valence-electron chi connectivity index (χ4n) is 2.30. The number of carbonyl (C=O) groups is 2. The van der Waals surface area contributed by atoms with E-state index >= 15 is 0 Å². The molecule has 0 spiro atoms. The lowest BCUT2D eigenvalue weighted by Crippen LogP contribution is -2.49. The number of nitrogens with one attached hydrogen (secondary N) is 3. The quantitative estimate of drug-likeness (QED) is 0.749. The molecule has 1 aromatic heterocycles. The standard InChI is InChI=1S/C17H23N5O3/c1-10(2)18-17(25)21-15(23)11(3)22(4)9-14-19-13-8-6-5-7-12(13)16(24)20-14/h5-8,10-11H,9H2,1-4H3,(H,19,20,24)(H2,18,21,23,25)/t11-/m0/s1. The monoisotopic (exact) mass is 345 g/mol. The van der Waals surface area contributed by atoms with Crippen LogP contribution < -0.4 is 16.2 Å². The molecule has 0 radical (unpaired) electrons. The second kappa shape index (κ2) is 7.89. The molecule has 3 amide bonds. The smallest absolute Gasteiger partial charge is 0.321 e. The van der Waals surface area contributed by atoms with Gasteiger partial charge in [0.2, 0.25) is 5.91 Å². The van der Waals surface area contributed by atoms with Gasteiger partial charge >= 0.3 is 6.03 Å². The Morgan fingerprint density at radius 1 is 1.24 bits per heavy atom. The van der Waals surface area contributed by atoms with Crippen LogP contribution in [0.3, 0.4) is 0 Å². The van der Waals surface area contributed by atoms with E-state index in [2.05, 4.69) is 20.6 Å². The van der Waals surface area contributed by atoms with E-state index < -0.39 is 18.0 Å². The average Bonchev–Trinajstić information content (AvgIpc) is 2.53. The number of rotatable bonds is 5. The molecule has 2 aromatic rings. The maximum Gasteiger partial charge on any atom is 0.321 e. The normalized spacial score (nSPS) is 12.4. The molecule has 25 heavy (non-hydrogen) atoms. The van der Waals surface area contributed by atoms with Gasteiger partial charge in [0.25, 0.3) is 5.56 Å². The van der Waals surface area contributed by atoms with Gasteiger partial charge in [-0.25, -0.2) is 9.78 Å². The van der Waals surface area contributed by atoms with Gasteiger partial charge < -0.3 is 10.3 Å². The third kappa shape index (κ3) is 4.87. The molecule has 0 unspecified atom stereocenters. The van der Waals surface area contributed by atoms with E-state index in [1.54, 1.807) is 50.9 Å². The van der Waals surface area contributed by atoms with Crippen molar-refractivity contribution in [3.8, 4) is 0 Å². The molecular formula is C17H23N5O3. The minimum Gasteiger partial charge on any atom is -0.336 e. The number of hydrogen-bond donors (Lipinski definition) is 3. The SMILES string of the molecule is CC(C)NC(=O)NC(=O)[C@H](C)N(C)Cc1nc2ccccc2c(=O)[nH]1. The maximum absolute atomic E-state index is 12.1. The molecule has 8 heteroatoms. The van der Waals surface area contributed by atoms with Gasteiger partial charge in [0.15, 0.2) is 0 Å². The highest BCUT2D eigenvalue weighted by Gasteiger charge is 2.21. The minimum absolute atomic E-state index is 0.0623. The first-order valence-corrected chi connectivity index (χ1v) is 8.07. The van der Waals surface area contributed by atoms with Crippen LogP contribution in [-0.4, -0.2) is 45.9 Å². The van der Waals surface area contributed by atoms with Crippen molar-refractivity contribution in [1.29, 1.82) is 0 Å². The Hall–Kier alpha value is -2.74. The van der Waals surface area contributed by atoms with E-state index in [0.717, 1.165) is 0 Å². The summed E-state index contributed by atoms with van der Waals surface area (Å²) in [5.41, 5.74) is 0.380. The van der Waals surface area contributed by atoms with Crippen molar-refractivity contribution in [3.63, 3.8) is 0 Å². The van der Waals surface area contributed by atoms with Crippen molar-refractivity contribution >= 4 is 22.8 Å². The summed E-state index contributed by atoms with van der Waals surface area (Å²) in [5, 5.41) is 5.41. The lowest BCUT2D eigenvalue weighted by atomic mass is 10.2. The summed E-state index contributed by atoms with van der Waals surface area (Å²) in [4.78, 5) is 44.7. The molecule has 0 bridgehead atoms. The molecule has 3 N–H and O–H groups in total. The molecule has 0 saturated heterocycles. The molecule has 1 atom stereocenters. The topological polar surface area (TPSA) is 107 Å². The lowest BCUT2D eigenvalue weighted by Gasteiger charge is -2.23. The van der Waals surface area contributed by atoms with E-state index in [-0.39, 0.29) is 18.1 Å². The first-order valence-electron chi connectivity index (χ1n) is 8.07. The van der Waals surface area contributed by atoms with Crippen molar-refractivity contribution in [1.82, 2.24) is 25.5 Å². The van der Waals surface area contributed by atoms with Crippen LogP contribution in [0.25, 0.3) is 10.9 Å². The van der Waals surface area contributed by atoms with Crippen LogP contribution in [0.5, 0.6) is 0 Å². The van der Waals surface area contributed by atoms with Gasteiger partial charge in [-0.05, 0) is 40.0 Å². The van der Waals surface area contributed by atoms with E-state index in [9.17, 15) is 14.4 Å².